The van der Waals surface area contributed by atoms with E-state index in [0.29, 0.717) is 38.2 Å². The first kappa shape index (κ1) is 16.3. The van der Waals surface area contributed by atoms with Gasteiger partial charge in [-0.3, -0.25) is 4.79 Å². The van der Waals surface area contributed by atoms with Crippen molar-refractivity contribution in [2.45, 2.75) is 39.2 Å². The summed E-state index contributed by atoms with van der Waals surface area (Å²) in [5.41, 5.74) is 12.2. The van der Waals surface area contributed by atoms with Gasteiger partial charge in [0.1, 0.15) is 0 Å². The van der Waals surface area contributed by atoms with Crippen LogP contribution in [0.25, 0.3) is 0 Å². The van der Waals surface area contributed by atoms with Crippen LogP contribution in [0.5, 0.6) is 11.5 Å². The van der Waals surface area contributed by atoms with E-state index in [-0.39, 0.29) is 11.9 Å². The molecule has 0 heterocycles. The molecule has 0 spiro atoms. The molecular weight excluding hydrogens is 256 g/mol. The average molecular weight is 280 g/mol. The molecule has 5 heteroatoms. The molecule has 0 bridgehead atoms. The molecule has 20 heavy (non-hydrogen) atoms. The van der Waals surface area contributed by atoms with E-state index in [1.165, 1.54) is 0 Å². The highest BCUT2D eigenvalue weighted by Crippen LogP contribution is 2.31. The molecule has 1 rings (SSSR count). The van der Waals surface area contributed by atoms with Crippen LogP contribution >= 0.6 is 0 Å². The highest BCUT2D eigenvalue weighted by atomic mass is 16.5. The number of ether oxygens (including phenoxy) is 2. The van der Waals surface area contributed by atoms with Gasteiger partial charge in [-0.1, -0.05) is 6.07 Å². The maximum Gasteiger partial charge on any atom is 0.217 e. The molecule has 0 fully saturated rings. The number of carbonyl (C=O) groups is 1. The summed E-state index contributed by atoms with van der Waals surface area (Å²) >= 11 is 0. The second-order valence-corrected chi connectivity index (χ2v) is 4.54. The molecular formula is C15H24N2O3. The molecule has 4 N–H and O–H groups in total. The van der Waals surface area contributed by atoms with Gasteiger partial charge in [0.2, 0.25) is 5.91 Å². The van der Waals surface area contributed by atoms with Crippen molar-refractivity contribution >= 4 is 5.91 Å². The molecule has 5 nitrogen and oxygen atoms in total. The molecule has 0 aromatic heterocycles. The largest absolute Gasteiger partial charge is 0.490 e. The Morgan fingerprint density at radius 3 is 2.45 bits per heavy atom. The zero-order chi connectivity index (χ0) is 15.0. The Morgan fingerprint density at radius 1 is 1.20 bits per heavy atom. The molecule has 0 saturated carbocycles. The molecule has 1 unspecified atom stereocenters. The van der Waals surface area contributed by atoms with Crippen LogP contribution in [0, 0.1) is 0 Å². The number of rotatable bonds is 9. The Kier molecular flexibility index (Phi) is 6.87. The van der Waals surface area contributed by atoms with Gasteiger partial charge in [-0.25, -0.2) is 0 Å². The minimum atomic E-state index is -0.293. The van der Waals surface area contributed by atoms with Crippen LogP contribution in [0.3, 0.4) is 0 Å². The van der Waals surface area contributed by atoms with Crippen molar-refractivity contribution in [3.8, 4) is 11.5 Å². The molecule has 1 aromatic rings. The van der Waals surface area contributed by atoms with Gasteiger partial charge in [-0.05, 0) is 44.4 Å². The van der Waals surface area contributed by atoms with Crippen LogP contribution in [0.15, 0.2) is 18.2 Å². The molecule has 1 atom stereocenters. The summed E-state index contributed by atoms with van der Waals surface area (Å²) in [5.74, 6) is 1.14. The first-order chi connectivity index (χ1) is 9.58. The molecule has 0 aliphatic carbocycles. The molecule has 0 saturated heterocycles. The fraction of sp³-hybridized carbons (Fsp3) is 0.533. The summed E-state index contributed by atoms with van der Waals surface area (Å²) in [4.78, 5) is 10.7. The van der Waals surface area contributed by atoms with Crippen LogP contribution < -0.4 is 20.9 Å². The maximum atomic E-state index is 10.7. The molecule has 0 aliphatic heterocycles. The average Bonchev–Trinajstić information content (AvgIpc) is 2.40. The quantitative estimate of drug-likeness (QED) is 0.725. The zero-order valence-electron chi connectivity index (χ0n) is 12.2. The minimum Gasteiger partial charge on any atom is -0.490 e. The minimum absolute atomic E-state index is 0.135. The third kappa shape index (κ3) is 5.09. The summed E-state index contributed by atoms with van der Waals surface area (Å²) in [6.07, 6.45) is 1.76. The van der Waals surface area contributed by atoms with Gasteiger partial charge in [0.25, 0.3) is 0 Å². The SMILES string of the molecule is CCOc1ccc(C(N)CCCC(N)=O)cc1OCC. The second-order valence-electron chi connectivity index (χ2n) is 4.54. The summed E-state index contributed by atoms with van der Waals surface area (Å²) in [6.45, 7) is 5.01. The monoisotopic (exact) mass is 280 g/mol. The Balaban J connectivity index is 2.73. The van der Waals surface area contributed by atoms with Crippen LogP contribution in [0.4, 0.5) is 0 Å². The van der Waals surface area contributed by atoms with Gasteiger partial charge in [0, 0.05) is 12.5 Å². The van der Waals surface area contributed by atoms with Gasteiger partial charge in [0.05, 0.1) is 13.2 Å². The lowest BCUT2D eigenvalue weighted by atomic mass is 10.0. The Hall–Kier alpha value is -1.75. The maximum absolute atomic E-state index is 10.7. The predicted octanol–water partition coefficient (Wildman–Crippen LogP) is 2.14. The van der Waals surface area contributed by atoms with Crippen LogP contribution in [-0.2, 0) is 4.79 Å². The van der Waals surface area contributed by atoms with Crippen molar-refractivity contribution < 1.29 is 14.3 Å². The molecule has 1 aromatic carbocycles. The van der Waals surface area contributed by atoms with Gasteiger partial charge >= 0.3 is 0 Å². The first-order valence-electron chi connectivity index (χ1n) is 7.01. The molecule has 112 valence electrons. The molecule has 0 aliphatic rings. The predicted molar refractivity (Wildman–Crippen MR) is 78.8 cm³/mol. The topological polar surface area (TPSA) is 87.6 Å². The van der Waals surface area contributed by atoms with E-state index < -0.39 is 0 Å². The van der Waals surface area contributed by atoms with E-state index in [0.717, 1.165) is 11.3 Å². The van der Waals surface area contributed by atoms with E-state index in [9.17, 15) is 4.79 Å². The molecule has 1 amide bonds. The van der Waals surface area contributed by atoms with Crippen molar-refractivity contribution in [1.29, 1.82) is 0 Å². The second kappa shape index (κ2) is 8.43. The van der Waals surface area contributed by atoms with Gasteiger partial charge in [-0.15, -0.1) is 0 Å². The van der Waals surface area contributed by atoms with E-state index in [1.807, 2.05) is 32.0 Å². The van der Waals surface area contributed by atoms with E-state index in [1.54, 1.807) is 0 Å². The fourth-order valence-corrected chi connectivity index (χ4v) is 1.96. The van der Waals surface area contributed by atoms with Crippen molar-refractivity contribution in [2.24, 2.45) is 11.5 Å². The highest BCUT2D eigenvalue weighted by molar-refractivity contribution is 5.73. The lowest BCUT2D eigenvalue weighted by Gasteiger charge is -2.16. The summed E-state index contributed by atoms with van der Waals surface area (Å²) in [5, 5.41) is 0. The zero-order valence-corrected chi connectivity index (χ0v) is 12.2. The number of hydrogen-bond donors (Lipinski definition) is 2. The lowest BCUT2D eigenvalue weighted by Crippen LogP contribution is -2.14. The summed E-state index contributed by atoms with van der Waals surface area (Å²) in [6, 6.07) is 5.58. The van der Waals surface area contributed by atoms with E-state index >= 15 is 0 Å². The lowest BCUT2D eigenvalue weighted by molar-refractivity contribution is -0.118. The Labute approximate surface area is 120 Å². The van der Waals surface area contributed by atoms with Crippen LogP contribution in [-0.4, -0.2) is 19.1 Å². The summed E-state index contributed by atoms with van der Waals surface area (Å²) < 4.78 is 11.1. The number of benzene rings is 1. The van der Waals surface area contributed by atoms with E-state index in [2.05, 4.69) is 0 Å². The van der Waals surface area contributed by atoms with E-state index in [4.69, 9.17) is 20.9 Å². The van der Waals surface area contributed by atoms with Crippen LogP contribution in [0.1, 0.15) is 44.7 Å². The first-order valence-corrected chi connectivity index (χ1v) is 7.01. The third-order valence-corrected chi connectivity index (χ3v) is 2.93. The number of hydrogen-bond acceptors (Lipinski definition) is 4. The third-order valence-electron chi connectivity index (χ3n) is 2.93. The molecule has 0 radical (unpaired) electrons. The van der Waals surface area contributed by atoms with Crippen molar-refractivity contribution in [1.82, 2.24) is 0 Å². The number of primary amides is 1. The van der Waals surface area contributed by atoms with Gasteiger partial charge in [-0.2, -0.15) is 0 Å². The number of carbonyl (C=O) groups excluding carboxylic acids is 1. The van der Waals surface area contributed by atoms with Crippen molar-refractivity contribution in [3.63, 3.8) is 0 Å². The van der Waals surface area contributed by atoms with Crippen LogP contribution in [0.2, 0.25) is 0 Å². The number of nitrogens with two attached hydrogens (primary N) is 2. The Bertz CT molecular complexity index is 435. The smallest absolute Gasteiger partial charge is 0.217 e. The van der Waals surface area contributed by atoms with Crippen molar-refractivity contribution in [2.75, 3.05) is 13.2 Å². The van der Waals surface area contributed by atoms with Gasteiger partial charge in [0.15, 0.2) is 11.5 Å². The fourth-order valence-electron chi connectivity index (χ4n) is 1.96. The summed E-state index contributed by atoms with van der Waals surface area (Å²) in [7, 11) is 0. The number of amides is 1. The normalized spacial score (nSPS) is 11.9. The Morgan fingerprint density at radius 2 is 1.85 bits per heavy atom. The highest BCUT2D eigenvalue weighted by Gasteiger charge is 2.11. The van der Waals surface area contributed by atoms with Gasteiger partial charge < -0.3 is 20.9 Å². The van der Waals surface area contributed by atoms with Crippen molar-refractivity contribution in [3.05, 3.63) is 23.8 Å². The standard InChI is InChI=1S/C15H24N2O3/c1-3-19-13-9-8-11(10-14(13)20-4-2)12(16)6-5-7-15(17)18/h8-10,12H,3-7,16H2,1-2H3,(H2,17,18).